The lowest BCUT2D eigenvalue weighted by Gasteiger charge is -2.13. The molecule has 0 aromatic carbocycles. The largest absolute Gasteiger partial charge is 0.457 e. The monoisotopic (exact) mass is 207 g/mol. The van der Waals surface area contributed by atoms with Crippen molar-refractivity contribution in [2.75, 3.05) is 0 Å². The number of ether oxygens (including phenoxy) is 1. The molecule has 0 aliphatic rings. The van der Waals surface area contributed by atoms with E-state index in [2.05, 4.69) is 15.9 Å². The first-order valence-corrected chi connectivity index (χ1v) is 3.99. The van der Waals surface area contributed by atoms with Crippen LogP contribution in [-0.4, -0.2) is 10.3 Å². The molecule has 0 aromatic heterocycles. The van der Waals surface area contributed by atoms with Gasteiger partial charge in [-0.2, -0.15) is 0 Å². The van der Waals surface area contributed by atoms with Gasteiger partial charge >= 0.3 is 5.97 Å². The highest BCUT2D eigenvalue weighted by Gasteiger charge is 2.24. The summed E-state index contributed by atoms with van der Waals surface area (Å²) in [6.45, 7) is 6.90. The Bertz CT molecular complexity index is 115. The number of carbonyl (C=O) groups excluding carboxylic acids is 1. The van der Waals surface area contributed by atoms with E-state index in [1.807, 2.05) is 6.92 Å². The lowest BCUT2D eigenvalue weighted by molar-refractivity contribution is -0.142. The smallest absolute Gasteiger partial charge is 0.322 e. The van der Waals surface area contributed by atoms with Gasteiger partial charge in [0.1, 0.15) is 10.9 Å². The molecule has 0 saturated carbocycles. The van der Waals surface area contributed by atoms with Gasteiger partial charge in [0.2, 0.25) is 0 Å². The molecule has 10 heavy (non-hydrogen) atoms. The summed E-state index contributed by atoms with van der Waals surface area (Å²) in [4.78, 5) is 10.9. The zero-order chi connectivity index (χ0) is 8.20. The number of hydrogen-bond donors (Lipinski definition) is 0. The second-order valence-corrected chi connectivity index (χ2v) is 4.44. The van der Waals surface area contributed by atoms with Crippen LogP contribution in [0.2, 0.25) is 0 Å². The second-order valence-electron chi connectivity index (χ2n) is 2.45. The summed E-state index contributed by atoms with van der Waals surface area (Å²) >= 11 is 3.18. The predicted octanol–water partition coefficient (Wildman–Crippen LogP) is 2.27. The summed E-state index contributed by atoms with van der Waals surface area (Å²) in [5.74, 6) is -0.255. The van der Waals surface area contributed by atoms with Crippen molar-refractivity contribution in [2.45, 2.75) is 31.5 Å². The molecule has 0 N–H and O–H groups in total. The van der Waals surface area contributed by atoms with Crippen molar-refractivity contribution in [1.29, 1.82) is 0 Å². The second kappa shape index (κ2) is 3.96. The minimum Gasteiger partial charge on any atom is -0.457 e. The van der Waals surface area contributed by atoms with Crippen molar-refractivity contribution in [3.8, 4) is 0 Å². The number of esters is 1. The Morgan fingerprint density at radius 1 is 1.70 bits per heavy atom. The Balaban J connectivity index is 3.64. The molecule has 1 radical (unpaired) electrons. The third kappa shape index (κ3) is 3.88. The van der Waals surface area contributed by atoms with Crippen molar-refractivity contribution in [3.05, 3.63) is 6.61 Å². The number of alkyl halides is 1. The van der Waals surface area contributed by atoms with Crippen LogP contribution in [0.15, 0.2) is 0 Å². The van der Waals surface area contributed by atoms with Gasteiger partial charge in [0.05, 0.1) is 0 Å². The highest BCUT2D eigenvalue weighted by atomic mass is 79.9. The molecule has 59 valence electrons. The fraction of sp³-hybridized carbons (Fsp3) is 0.714. The Labute approximate surface area is 70.1 Å². The molecule has 0 amide bonds. The lowest BCUT2D eigenvalue weighted by Crippen LogP contribution is -2.25. The molecular formula is C7H12BrO2. The summed E-state index contributed by atoms with van der Waals surface area (Å²) in [6.07, 6.45) is 0.745. The molecule has 0 unspecified atom stereocenters. The molecular weight excluding hydrogens is 196 g/mol. The number of carbonyl (C=O) groups is 1. The van der Waals surface area contributed by atoms with Gasteiger partial charge in [-0.05, 0) is 20.3 Å². The lowest BCUT2D eigenvalue weighted by atomic mass is 10.2. The first kappa shape index (κ1) is 9.95. The van der Waals surface area contributed by atoms with Gasteiger partial charge in [-0.15, -0.1) is 0 Å². The first-order valence-electron chi connectivity index (χ1n) is 3.20. The van der Waals surface area contributed by atoms with Crippen LogP contribution in [0.5, 0.6) is 0 Å². The molecule has 0 atom stereocenters. The highest BCUT2D eigenvalue weighted by Crippen LogP contribution is 2.17. The van der Waals surface area contributed by atoms with Gasteiger partial charge < -0.3 is 4.74 Å². The standard InChI is InChI=1S/C7H12BrO2/c1-4-5-10-6(9)7(2,3)8/h5H,4H2,1-3H3. The Morgan fingerprint density at radius 3 is 2.50 bits per heavy atom. The third-order valence-electron chi connectivity index (χ3n) is 0.842. The van der Waals surface area contributed by atoms with Crippen LogP contribution >= 0.6 is 15.9 Å². The molecule has 0 rings (SSSR count). The number of halogens is 1. The van der Waals surface area contributed by atoms with E-state index in [0.29, 0.717) is 0 Å². The molecule has 2 nitrogen and oxygen atoms in total. The Kier molecular flexibility index (Phi) is 3.94. The van der Waals surface area contributed by atoms with Gasteiger partial charge in [-0.3, -0.25) is 4.79 Å². The quantitative estimate of drug-likeness (QED) is 0.525. The van der Waals surface area contributed by atoms with E-state index in [9.17, 15) is 4.79 Å². The van der Waals surface area contributed by atoms with Crippen LogP contribution in [0.4, 0.5) is 0 Å². The van der Waals surface area contributed by atoms with E-state index in [1.54, 1.807) is 13.8 Å². The fourth-order valence-electron chi connectivity index (χ4n) is 0.299. The van der Waals surface area contributed by atoms with Crippen LogP contribution in [0, 0.1) is 6.61 Å². The molecule has 0 heterocycles. The SMILES string of the molecule is CC[CH]OC(=O)C(C)(C)Br. The zero-order valence-electron chi connectivity index (χ0n) is 6.48. The molecule has 0 aliphatic heterocycles. The maximum Gasteiger partial charge on any atom is 0.322 e. The van der Waals surface area contributed by atoms with E-state index in [0.717, 1.165) is 6.42 Å². The number of hydrogen-bond acceptors (Lipinski definition) is 2. The van der Waals surface area contributed by atoms with Crippen LogP contribution < -0.4 is 0 Å². The summed E-state index contributed by atoms with van der Waals surface area (Å²) in [6, 6.07) is 0. The average Bonchev–Trinajstić information content (AvgIpc) is 1.80. The third-order valence-corrected chi connectivity index (χ3v) is 1.17. The molecule has 3 heteroatoms. The summed E-state index contributed by atoms with van der Waals surface area (Å²) in [7, 11) is 0. The van der Waals surface area contributed by atoms with E-state index in [4.69, 9.17) is 4.74 Å². The maximum absolute atomic E-state index is 10.9. The van der Waals surface area contributed by atoms with E-state index >= 15 is 0 Å². The Morgan fingerprint density at radius 2 is 2.20 bits per heavy atom. The topological polar surface area (TPSA) is 26.3 Å². The van der Waals surface area contributed by atoms with Crippen LogP contribution in [0.25, 0.3) is 0 Å². The van der Waals surface area contributed by atoms with Gasteiger partial charge in [-0.25, -0.2) is 0 Å². The average molecular weight is 208 g/mol. The van der Waals surface area contributed by atoms with Gasteiger partial charge in [0.15, 0.2) is 0 Å². The fourth-order valence-corrected chi connectivity index (χ4v) is 0.393. The van der Waals surface area contributed by atoms with Crippen molar-refractivity contribution >= 4 is 21.9 Å². The number of rotatable bonds is 3. The van der Waals surface area contributed by atoms with Gasteiger partial charge in [0, 0.05) is 0 Å². The van der Waals surface area contributed by atoms with Crippen molar-refractivity contribution in [2.24, 2.45) is 0 Å². The van der Waals surface area contributed by atoms with Crippen molar-refractivity contribution in [1.82, 2.24) is 0 Å². The molecule has 0 aliphatic carbocycles. The summed E-state index contributed by atoms with van der Waals surface area (Å²) in [5.41, 5.74) is 0. The van der Waals surface area contributed by atoms with Crippen molar-refractivity contribution in [3.63, 3.8) is 0 Å². The minimum absolute atomic E-state index is 0.255. The highest BCUT2D eigenvalue weighted by molar-refractivity contribution is 9.10. The van der Waals surface area contributed by atoms with Gasteiger partial charge in [-0.1, -0.05) is 22.9 Å². The molecule has 0 aromatic rings. The van der Waals surface area contributed by atoms with E-state index in [1.165, 1.54) is 6.61 Å². The predicted molar refractivity (Wildman–Crippen MR) is 43.7 cm³/mol. The summed E-state index contributed by atoms with van der Waals surface area (Å²) < 4.78 is 4.17. The summed E-state index contributed by atoms with van der Waals surface area (Å²) in [5, 5.41) is 0. The zero-order valence-corrected chi connectivity index (χ0v) is 8.06. The minimum atomic E-state index is -0.571. The van der Waals surface area contributed by atoms with Gasteiger partial charge in [0.25, 0.3) is 0 Å². The molecule has 0 saturated heterocycles. The molecule has 0 bridgehead atoms. The first-order chi connectivity index (χ1) is 4.48. The van der Waals surface area contributed by atoms with Crippen LogP contribution in [0.3, 0.4) is 0 Å². The van der Waals surface area contributed by atoms with Crippen LogP contribution in [0.1, 0.15) is 27.2 Å². The maximum atomic E-state index is 10.9. The Hall–Kier alpha value is -0.0500. The van der Waals surface area contributed by atoms with Crippen molar-refractivity contribution < 1.29 is 9.53 Å². The molecule has 0 fully saturated rings. The van der Waals surface area contributed by atoms with E-state index in [-0.39, 0.29) is 5.97 Å². The van der Waals surface area contributed by atoms with Crippen LogP contribution in [-0.2, 0) is 9.53 Å². The van der Waals surface area contributed by atoms with E-state index < -0.39 is 4.32 Å². The molecule has 0 spiro atoms. The normalized spacial score (nSPS) is 11.2.